The van der Waals surface area contributed by atoms with Gasteiger partial charge in [-0.05, 0) is 87.1 Å². The Labute approximate surface area is 195 Å². The van der Waals surface area contributed by atoms with Gasteiger partial charge in [0.1, 0.15) is 6.04 Å². The predicted octanol–water partition coefficient (Wildman–Crippen LogP) is 2.83. The molecule has 3 heterocycles. The third-order valence-corrected chi connectivity index (χ3v) is 8.25. The first kappa shape index (κ1) is 22.5. The highest BCUT2D eigenvalue weighted by Crippen LogP contribution is 2.34. The molecule has 1 aromatic carbocycles. The Balaban J connectivity index is 1.16. The van der Waals surface area contributed by atoms with E-state index in [-0.39, 0.29) is 24.1 Å². The molecule has 3 aliphatic heterocycles. The van der Waals surface area contributed by atoms with Gasteiger partial charge in [0.25, 0.3) is 5.91 Å². The number of hydrogen-bond donors (Lipinski definition) is 1. The molecule has 3 fully saturated rings. The van der Waals surface area contributed by atoms with Crippen molar-refractivity contribution in [3.8, 4) is 0 Å². The first-order valence-corrected chi connectivity index (χ1v) is 12.5. The average molecular weight is 454 g/mol. The number of benzene rings is 1. The summed E-state index contributed by atoms with van der Waals surface area (Å²) in [6.45, 7) is 3.93. The zero-order chi connectivity index (χ0) is 22.9. The number of nitrogens with zero attached hydrogens (tertiary/aromatic N) is 2. The van der Waals surface area contributed by atoms with Gasteiger partial charge in [0.05, 0.1) is 6.10 Å². The minimum atomic E-state index is -0.548. The largest absolute Gasteiger partial charge is 0.381 e. The van der Waals surface area contributed by atoms with Crippen molar-refractivity contribution < 1.29 is 19.1 Å². The van der Waals surface area contributed by atoms with E-state index in [1.54, 1.807) is 4.90 Å². The van der Waals surface area contributed by atoms with Gasteiger partial charge in [0.2, 0.25) is 11.8 Å². The highest BCUT2D eigenvalue weighted by atomic mass is 16.5. The molecule has 0 spiro atoms. The van der Waals surface area contributed by atoms with E-state index in [1.165, 1.54) is 37.8 Å². The number of piperidine rings is 2. The number of methoxy groups -OCH3 is 1. The summed E-state index contributed by atoms with van der Waals surface area (Å²) in [7, 11) is 1.83. The van der Waals surface area contributed by atoms with E-state index in [9.17, 15) is 14.4 Å². The molecule has 1 atom stereocenters. The molecule has 0 radical (unpaired) electrons. The molecule has 1 N–H and O–H groups in total. The van der Waals surface area contributed by atoms with E-state index in [0.29, 0.717) is 30.6 Å². The molecule has 7 heteroatoms. The maximum absolute atomic E-state index is 12.9. The molecule has 33 heavy (non-hydrogen) atoms. The lowest BCUT2D eigenvalue weighted by Crippen LogP contribution is -2.52. The fourth-order valence-electron chi connectivity index (χ4n) is 6.21. The molecule has 178 valence electrons. The van der Waals surface area contributed by atoms with Gasteiger partial charge >= 0.3 is 0 Å². The normalized spacial score (nSPS) is 29.3. The SMILES string of the molecule is COC1CCC(CN2CCC(c3ccc4c(c3)CN(C3CCC(=O)NC3=O)C4=O)CC2)CC1. The van der Waals surface area contributed by atoms with E-state index < -0.39 is 6.04 Å². The van der Waals surface area contributed by atoms with Crippen LogP contribution in [0.1, 0.15) is 78.8 Å². The van der Waals surface area contributed by atoms with Crippen molar-refractivity contribution >= 4 is 17.7 Å². The van der Waals surface area contributed by atoms with Crippen LogP contribution in [0.15, 0.2) is 18.2 Å². The van der Waals surface area contributed by atoms with E-state index in [2.05, 4.69) is 22.3 Å². The standard InChI is InChI=1S/C26H35N3O4/c1-33-21-5-2-17(3-6-21)15-28-12-10-18(11-13-28)19-4-7-22-20(14-19)16-29(26(22)32)23-8-9-24(30)27-25(23)31/h4,7,14,17-18,21,23H,2-3,5-6,8-13,15-16H2,1H3,(H,27,30,31). The van der Waals surface area contributed by atoms with Crippen LogP contribution < -0.4 is 5.32 Å². The van der Waals surface area contributed by atoms with Gasteiger partial charge < -0.3 is 14.5 Å². The predicted molar refractivity (Wildman–Crippen MR) is 124 cm³/mol. The third kappa shape index (κ3) is 4.71. The van der Waals surface area contributed by atoms with Crippen LogP contribution in [0.25, 0.3) is 0 Å². The van der Waals surface area contributed by atoms with Gasteiger partial charge in [0, 0.05) is 32.2 Å². The molecule has 1 saturated carbocycles. The summed E-state index contributed by atoms with van der Waals surface area (Å²) in [6, 6.07) is 5.69. The van der Waals surface area contributed by atoms with Crippen molar-refractivity contribution in [1.82, 2.24) is 15.1 Å². The molecule has 3 amide bonds. The smallest absolute Gasteiger partial charge is 0.255 e. The minimum absolute atomic E-state index is 0.0935. The van der Waals surface area contributed by atoms with Crippen LogP contribution in [0, 0.1) is 5.92 Å². The lowest BCUT2D eigenvalue weighted by molar-refractivity contribution is -0.136. The maximum atomic E-state index is 12.9. The van der Waals surface area contributed by atoms with Crippen LogP contribution in [0.4, 0.5) is 0 Å². The van der Waals surface area contributed by atoms with Crippen LogP contribution in [0.2, 0.25) is 0 Å². The van der Waals surface area contributed by atoms with E-state index in [0.717, 1.165) is 37.4 Å². The summed E-state index contributed by atoms with van der Waals surface area (Å²) < 4.78 is 5.51. The number of nitrogens with one attached hydrogen (secondary N) is 1. The number of imide groups is 1. The molecule has 4 aliphatic rings. The van der Waals surface area contributed by atoms with Crippen molar-refractivity contribution in [2.45, 2.75) is 76.0 Å². The number of hydrogen-bond acceptors (Lipinski definition) is 5. The maximum Gasteiger partial charge on any atom is 0.255 e. The van der Waals surface area contributed by atoms with E-state index >= 15 is 0 Å². The first-order valence-electron chi connectivity index (χ1n) is 12.5. The van der Waals surface area contributed by atoms with Crippen molar-refractivity contribution in [3.05, 3.63) is 34.9 Å². The Hall–Kier alpha value is -2.25. The Bertz CT molecular complexity index is 916. The van der Waals surface area contributed by atoms with Gasteiger partial charge in [-0.15, -0.1) is 0 Å². The van der Waals surface area contributed by atoms with Crippen LogP contribution in [0.3, 0.4) is 0 Å². The molecule has 2 saturated heterocycles. The molecule has 1 aliphatic carbocycles. The summed E-state index contributed by atoms with van der Waals surface area (Å²) in [5.41, 5.74) is 3.03. The fourth-order valence-corrected chi connectivity index (χ4v) is 6.21. The van der Waals surface area contributed by atoms with Gasteiger partial charge in [0.15, 0.2) is 0 Å². The van der Waals surface area contributed by atoms with Crippen molar-refractivity contribution in [1.29, 1.82) is 0 Å². The van der Waals surface area contributed by atoms with Gasteiger partial charge in [-0.3, -0.25) is 19.7 Å². The lowest BCUT2D eigenvalue weighted by Gasteiger charge is -2.36. The minimum Gasteiger partial charge on any atom is -0.381 e. The quantitative estimate of drug-likeness (QED) is 0.694. The molecule has 1 unspecified atom stereocenters. The van der Waals surface area contributed by atoms with Crippen LogP contribution >= 0.6 is 0 Å². The topological polar surface area (TPSA) is 79.0 Å². The second-order valence-corrected chi connectivity index (χ2v) is 10.3. The number of carbonyl (C=O) groups is 3. The lowest BCUT2D eigenvalue weighted by atomic mass is 9.85. The Morgan fingerprint density at radius 2 is 1.76 bits per heavy atom. The molecule has 5 rings (SSSR count). The first-order chi connectivity index (χ1) is 16.0. The zero-order valence-electron chi connectivity index (χ0n) is 19.6. The number of rotatable bonds is 5. The Morgan fingerprint density at radius 1 is 1.00 bits per heavy atom. The molecular formula is C26H35N3O4. The fraction of sp³-hybridized carbons (Fsp3) is 0.654. The summed E-state index contributed by atoms with van der Waals surface area (Å²) in [4.78, 5) is 40.9. The van der Waals surface area contributed by atoms with Crippen LogP contribution in [-0.2, 0) is 20.9 Å². The van der Waals surface area contributed by atoms with E-state index in [1.807, 2.05) is 13.2 Å². The summed E-state index contributed by atoms with van der Waals surface area (Å²) in [6.07, 6.45) is 8.40. The van der Waals surface area contributed by atoms with Crippen LogP contribution in [0.5, 0.6) is 0 Å². The molecular weight excluding hydrogens is 418 g/mol. The second kappa shape index (κ2) is 9.55. The summed E-state index contributed by atoms with van der Waals surface area (Å²) in [5.74, 6) is 0.629. The zero-order valence-corrected chi connectivity index (χ0v) is 19.6. The number of likely N-dealkylation sites (tertiary alicyclic amines) is 1. The third-order valence-electron chi connectivity index (χ3n) is 8.25. The average Bonchev–Trinajstić information content (AvgIpc) is 3.15. The van der Waals surface area contributed by atoms with Crippen molar-refractivity contribution in [2.24, 2.45) is 5.92 Å². The monoisotopic (exact) mass is 453 g/mol. The van der Waals surface area contributed by atoms with Gasteiger partial charge in [-0.25, -0.2) is 0 Å². The second-order valence-electron chi connectivity index (χ2n) is 10.3. The number of carbonyl (C=O) groups excluding carboxylic acids is 3. The van der Waals surface area contributed by atoms with Gasteiger partial charge in [-0.2, -0.15) is 0 Å². The number of amides is 3. The van der Waals surface area contributed by atoms with Crippen LogP contribution in [-0.4, -0.2) is 66.4 Å². The summed E-state index contributed by atoms with van der Waals surface area (Å²) >= 11 is 0. The van der Waals surface area contributed by atoms with Crippen molar-refractivity contribution in [3.63, 3.8) is 0 Å². The number of ether oxygens (including phenoxy) is 1. The Morgan fingerprint density at radius 3 is 2.45 bits per heavy atom. The van der Waals surface area contributed by atoms with Gasteiger partial charge in [-0.1, -0.05) is 12.1 Å². The highest BCUT2D eigenvalue weighted by Gasteiger charge is 2.39. The molecule has 1 aromatic rings. The molecule has 7 nitrogen and oxygen atoms in total. The van der Waals surface area contributed by atoms with E-state index in [4.69, 9.17) is 4.74 Å². The number of fused-ring (bicyclic) bond motifs is 1. The molecule has 0 bridgehead atoms. The molecule has 0 aromatic heterocycles. The highest BCUT2D eigenvalue weighted by molar-refractivity contribution is 6.05. The summed E-state index contributed by atoms with van der Waals surface area (Å²) in [5, 5.41) is 2.37. The van der Waals surface area contributed by atoms with Crippen molar-refractivity contribution in [2.75, 3.05) is 26.7 Å². The Kier molecular flexibility index (Phi) is 6.52.